The highest BCUT2D eigenvalue weighted by atomic mass is 79.9. The molecule has 0 amide bonds. The van der Waals surface area contributed by atoms with Gasteiger partial charge in [0.1, 0.15) is 0 Å². The molecule has 0 spiro atoms. The number of sulfonamides is 1. The highest BCUT2D eigenvalue weighted by Gasteiger charge is 2.18. The molecular weight excluding hydrogens is 430 g/mol. The molecule has 0 saturated heterocycles. The SMILES string of the molecule is Cc1cc(Br)c(S(=O)(=O)NCCSCCCO)cc1Br. The number of hydrogen-bond donors (Lipinski definition) is 2. The summed E-state index contributed by atoms with van der Waals surface area (Å²) in [6, 6.07) is 3.37. The summed E-state index contributed by atoms with van der Waals surface area (Å²) in [6.45, 7) is 2.44. The Labute approximate surface area is 141 Å². The fraction of sp³-hybridized carbons (Fsp3) is 0.500. The predicted octanol–water partition coefficient (Wildman–Crippen LogP) is 2.91. The molecule has 0 atom stereocenters. The van der Waals surface area contributed by atoms with Gasteiger partial charge in [0.2, 0.25) is 10.0 Å². The van der Waals surface area contributed by atoms with Crippen LogP contribution in [0.4, 0.5) is 0 Å². The lowest BCUT2D eigenvalue weighted by atomic mass is 10.2. The molecule has 0 saturated carbocycles. The number of nitrogens with one attached hydrogen (secondary N) is 1. The molecule has 114 valence electrons. The van der Waals surface area contributed by atoms with Gasteiger partial charge in [-0.05, 0) is 52.7 Å². The minimum absolute atomic E-state index is 0.170. The standard InChI is InChI=1S/C12H17Br2NO3S2/c1-9-7-11(14)12(8-10(9)13)20(17,18)15-3-6-19-5-2-4-16/h7-8,15-16H,2-6H2,1H3. The lowest BCUT2D eigenvalue weighted by molar-refractivity contribution is 0.296. The van der Waals surface area contributed by atoms with Crippen LogP contribution in [0.1, 0.15) is 12.0 Å². The Balaban J connectivity index is 2.63. The van der Waals surface area contributed by atoms with Gasteiger partial charge in [-0.2, -0.15) is 11.8 Å². The van der Waals surface area contributed by atoms with Crippen LogP contribution in [0.5, 0.6) is 0 Å². The third-order valence-electron chi connectivity index (χ3n) is 2.49. The quantitative estimate of drug-likeness (QED) is 0.602. The van der Waals surface area contributed by atoms with E-state index in [0.717, 1.165) is 22.2 Å². The maximum Gasteiger partial charge on any atom is 0.241 e. The lowest BCUT2D eigenvalue weighted by Crippen LogP contribution is -2.26. The fourth-order valence-electron chi connectivity index (χ4n) is 1.43. The van der Waals surface area contributed by atoms with Crippen LogP contribution in [0.2, 0.25) is 0 Å². The van der Waals surface area contributed by atoms with Crippen molar-refractivity contribution in [3.05, 3.63) is 26.6 Å². The third-order valence-corrected chi connectivity index (χ3v) is 6.83. The number of thioether (sulfide) groups is 1. The van der Waals surface area contributed by atoms with Crippen molar-refractivity contribution < 1.29 is 13.5 Å². The Morgan fingerprint density at radius 1 is 1.25 bits per heavy atom. The molecular formula is C12H17Br2NO3S2. The molecule has 4 nitrogen and oxygen atoms in total. The van der Waals surface area contributed by atoms with Gasteiger partial charge >= 0.3 is 0 Å². The van der Waals surface area contributed by atoms with Gasteiger partial charge in [0.05, 0.1) is 4.90 Å². The van der Waals surface area contributed by atoms with Crippen molar-refractivity contribution in [3.8, 4) is 0 Å². The zero-order valence-electron chi connectivity index (χ0n) is 11.0. The van der Waals surface area contributed by atoms with Gasteiger partial charge in [0.15, 0.2) is 0 Å². The molecule has 1 aromatic carbocycles. The molecule has 0 aliphatic heterocycles. The van der Waals surface area contributed by atoms with E-state index >= 15 is 0 Å². The molecule has 1 rings (SSSR count). The molecule has 0 aliphatic carbocycles. The van der Waals surface area contributed by atoms with Crippen molar-refractivity contribution in [1.29, 1.82) is 0 Å². The van der Waals surface area contributed by atoms with E-state index in [1.165, 1.54) is 0 Å². The lowest BCUT2D eigenvalue weighted by Gasteiger charge is -2.10. The molecule has 0 radical (unpaired) electrons. The minimum Gasteiger partial charge on any atom is -0.396 e. The van der Waals surface area contributed by atoms with Gasteiger partial charge in [-0.25, -0.2) is 13.1 Å². The summed E-state index contributed by atoms with van der Waals surface area (Å²) in [7, 11) is -3.51. The van der Waals surface area contributed by atoms with E-state index in [2.05, 4.69) is 36.6 Å². The summed E-state index contributed by atoms with van der Waals surface area (Å²) in [6.07, 6.45) is 0.730. The van der Waals surface area contributed by atoms with E-state index in [-0.39, 0.29) is 11.5 Å². The van der Waals surface area contributed by atoms with Crippen LogP contribution in [-0.4, -0.2) is 38.2 Å². The van der Waals surface area contributed by atoms with Crippen LogP contribution < -0.4 is 4.72 Å². The summed E-state index contributed by atoms with van der Waals surface area (Å²) in [5, 5.41) is 8.65. The van der Waals surface area contributed by atoms with Gasteiger partial charge < -0.3 is 5.11 Å². The number of rotatable bonds is 8. The topological polar surface area (TPSA) is 66.4 Å². The summed E-state index contributed by atoms with van der Waals surface area (Å²) in [5.74, 6) is 1.52. The first-order valence-electron chi connectivity index (χ1n) is 6.02. The Bertz CT molecular complexity index is 550. The first-order chi connectivity index (χ1) is 9.38. The van der Waals surface area contributed by atoms with Crippen molar-refractivity contribution in [2.45, 2.75) is 18.2 Å². The first kappa shape index (κ1) is 18.4. The third kappa shape index (κ3) is 5.65. The van der Waals surface area contributed by atoms with E-state index in [9.17, 15) is 8.42 Å². The Hall–Kier alpha value is 0.400. The average Bonchev–Trinajstić information content (AvgIpc) is 2.37. The van der Waals surface area contributed by atoms with Crippen LogP contribution in [0, 0.1) is 6.92 Å². The Kier molecular flexibility index (Phi) is 8.07. The molecule has 0 bridgehead atoms. The summed E-state index contributed by atoms with van der Waals surface area (Å²) < 4.78 is 28.3. The second kappa shape index (κ2) is 8.75. The normalized spacial score (nSPS) is 11.8. The molecule has 0 unspecified atom stereocenters. The average molecular weight is 447 g/mol. The van der Waals surface area contributed by atoms with E-state index in [1.54, 1.807) is 23.9 Å². The second-order valence-electron chi connectivity index (χ2n) is 4.12. The second-order valence-corrected chi connectivity index (χ2v) is 8.79. The number of hydrogen-bond acceptors (Lipinski definition) is 4. The zero-order chi connectivity index (χ0) is 15.2. The van der Waals surface area contributed by atoms with Crippen LogP contribution in [-0.2, 0) is 10.0 Å². The largest absolute Gasteiger partial charge is 0.396 e. The van der Waals surface area contributed by atoms with Crippen molar-refractivity contribution in [2.24, 2.45) is 0 Å². The Morgan fingerprint density at radius 3 is 2.60 bits per heavy atom. The van der Waals surface area contributed by atoms with Gasteiger partial charge in [-0.3, -0.25) is 0 Å². The molecule has 8 heteroatoms. The van der Waals surface area contributed by atoms with Crippen molar-refractivity contribution in [3.63, 3.8) is 0 Å². The molecule has 0 aliphatic rings. The fourth-order valence-corrected chi connectivity index (χ4v) is 5.05. The van der Waals surface area contributed by atoms with Gasteiger partial charge in [-0.15, -0.1) is 0 Å². The van der Waals surface area contributed by atoms with Crippen molar-refractivity contribution >= 4 is 53.6 Å². The highest BCUT2D eigenvalue weighted by Crippen LogP contribution is 2.28. The van der Waals surface area contributed by atoms with Crippen molar-refractivity contribution in [1.82, 2.24) is 4.72 Å². The summed E-state index contributed by atoms with van der Waals surface area (Å²) >= 11 is 8.25. The van der Waals surface area contributed by atoms with E-state index in [1.807, 2.05) is 6.92 Å². The molecule has 0 fully saturated rings. The molecule has 0 heterocycles. The summed E-state index contributed by atoms with van der Waals surface area (Å²) in [4.78, 5) is 0.232. The zero-order valence-corrected chi connectivity index (χ0v) is 15.8. The molecule has 1 aromatic rings. The van der Waals surface area contributed by atoms with E-state index < -0.39 is 10.0 Å². The molecule has 20 heavy (non-hydrogen) atoms. The monoisotopic (exact) mass is 445 g/mol. The van der Waals surface area contributed by atoms with Gasteiger partial charge in [-0.1, -0.05) is 15.9 Å². The molecule has 2 N–H and O–H groups in total. The van der Waals surface area contributed by atoms with Gasteiger partial charge in [0, 0.05) is 27.8 Å². The van der Waals surface area contributed by atoms with E-state index in [4.69, 9.17) is 5.11 Å². The molecule has 0 aromatic heterocycles. The number of aliphatic hydroxyl groups is 1. The van der Waals surface area contributed by atoms with Gasteiger partial charge in [0.25, 0.3) is 0 Å². The highest BCUT2D eigenvalue weighted by molar-refractivity contribution is 9.11. The predicted molar refractivity (Wildman–Crippen MR) is 90.8 cm³/mol. The van der Waals surface area contributed by atoms with Crippen molar-refractivity contribution in [2.75, 3.05) is 24.7 Å². The van der Waals surface area contributed by atoms with Crippen LogP contribution >= 0.6 is 43.6 Å². The van der Waals surface area contributed by atoms with E-state index in [0.29, 0.717) is 16.8 Å². The number of halogens is 2. The first-order valence-corrected chi connectivity index (χ1v) is 10.2. The van der Waals surface area contributed by atoms with Crippen LogP contribution in [0.15, 0.2) is 26.0 Å². The van der Waals surface area contributed by atoms with Crippen LogP contribution in [0.3, 0.4) is 0 Å². The smallest absolute Gasteiger partial charge is 0.241 e. The Morgan fingerprint density at radius 2 is 1.95 bits per heavy atom. The minimum atomic E-state index is -3.51. The maximum atomic E-state index is 12.2. The number of benzene rings is 1. The maximum absolute atomic E-state index is 12.2. The van der Waals surface area contributed by atoms with Crippen LogP contribution in [0.25, 0.3) is 0 Å². The number of aliphatic hydroxyl groups excluding tert-OH is 1. The summed E-state index contributed by atoms with van der Waals surface area (Å²) in [5.41, 5.74) is 0.968. The number of aryl methyl sites for hydroxylation is 1.